The lowest BCUT2D eigenvalue weighted by atomic mass is 10.1. The minimum Gasteiger partial charge on any atom is -0.465 e. The molecule has 1 rings (SSSR count). The minimum absolute atomic E-state index is 0.0804. The first-order valence-electron chi connectivity index (χ1n) is 3.86. The summed E-state index contributed by atoms with van der Waals surface area (Å²) < 4.78 is 24.4. The SMILES string of the molecule is COC(=O)c1c(C)cccc1S(=O)O. The molecule has 0 saturated carbocycles. The van der Waals surface area contributed by atoms with E-state index in [1.165, 1.54) is 13.2 Å². The van der Waals surface area contributed by atoms with E-state index >= 15 is 0 Å². The monoisotopic (exact) mass is 214 g/mol. The summed E-state index contributed by atoms with van der Waals surface area (Å²) in [5.74, 6) is -0.597. The van der Waals surface area contributed by atoms with Gasteiger partial charge < -0.3 is 9.29 Å². The topological polar surface area (TPSA) is 63.6 Å². The van der Waals surface area contributed by atoms with Gasteiger partial charge in [-0.05, 0) is 18.6 Å². The highest BCUT2D eigenvalue weighted by Gasteiger charge is 2.17. The molecule has 0 heterocycles. The van der Waals surface area contributed by atoms with Crippen molar-refractivity contribution in [3.8, 4) is 0 Å². The van der Waals surface area contributed by atoms with E-state index in [9.17, 15) is 9.00 Å². The number of ether oxygens (including phenoxy) is 1. The number of carbonyl (C=O) groups excluding carboxylic acids is 1. The Balaban J connectivity index is 3.36. The van der Waals surface area contributed by atoms with E-state index in [1.54, 1.807) is 19.1 Å². The van der Waals surface area contributed by atoms with Crippen molar-refractivity contribution in [3.63, 3.8) is 0 Å². The molecular weight excluding hydrogens is 204 g/mol. The molecular formula is C9H10O4S. The highest BCUT2D eigenvalue weighted by Crippen LogP contribution is 2.17. The van der Waals surface area contributed by atoms with Gasteiger partial charge in [-0.1, -0.05) is 12.1 Å². The summed E-state index contributed by atoms with van der Waals surface area (Å²) in [5.41, 5.74) is 0.785. The van der Waals surface area contributed by atoms with Gasteiger partial charge in [-0.15, -0.1) is 0 Å². The second-order valence-electron chi connectivity index (χ2n) is 2.69. The first-order chi connectivity index (χ1) is 6.57. The predicted octanol–water partition coefficient (Wildman–Crippen LogP) is 1.36. The molecule has 5 heteroatoms. The number of carbonyl (C=O) groups is 1. The minimum atomic E-state index is -2.17. The molecule has 1 atom stereocenters. The summed E-state index contributed by atoms with van der Waals surface area (Å²) in [5, 5.41) is 0. The van der Waals surface area contributed by atoms with Gasteiger partial charge in [0.2, 0.25) is 0 Å². The van der Waals surface area contributed by atoms with Gasteiger partial charge in [-0.25, -0.2) is 9.00 Å². The van der Waals surface area contributed by atoms with Crippen molar-refractivity contribution in [2.24, 2.45) is 0 Å². The quantitative estimate of drug-likeness (QED) is 0.596. The van der Waals surface area contributed by atoms with Crippen molar-refractivity contribution < 1.29 is 18.3 Å². The Labute approximate surface area is 84.2 Å². The zero-order valence-electron chi connectivity index (χ0n) is 7.81. The van der Waals surface area contributed by atoms with Crippen molar-refractivity contribution >= 4 is 17.0 Å². The van der Waals surface area contributed by atoms with E-state index < -0.39 is 17.0 Å². The summed E-state index contributed by atoms with van der Waals surface area (Å²) in [7, 11) is 1.23. The van der Waals surface area contributed by atoms with E-state index in [0.717, 1.165) is 0 Å². The second kappa shape index (κ2) is 4.34. The van der Waals surface area contributed by atoms with Crippen molar-refractivity contribution in [2.75, 3.05) is 7.11 Å². The fourth-order valence-corrected chi connectivity index (χ4v) is 1.76. The summed E-state index contributed by atoms with van der Waals surface area (Å²) >= 11 is -2.17. The molecule has 0 bridgehead atoms. The standard InChI is InChI=1S/C9H10O4S/c1-6-4-3-5-7(14(11)12)8(6)9(10)13-2/h3-5H,1-2H3,(H,11,12). The molecule has 0 saturated heterocycles. The number of hydrogen-bond acceptors (Lipinski definition) is 3. The van der Waals surface area contributed by atoms with E-state index in [2.05, 4.69) is 4.74 Å². The van der Waals surface area contributed by atoms with Crippen molar-refractivity contribution in [1.29, 1.82) is 0 Å². The maximum atomic E-state index is 11.3. The normalized spacial score (nSPS) is 12.2. The van der Waals surface area contributed by atoms with E-state index in [4.69, 9.17) is 4.55 Å². The van der Waals surface area contributed by atoms with Crippen molar-refractivity contribution in [3.05, 3.63) is 29.3 Å². The van der Waals surface area contributed by atoms with Crippen LogP contribution in [0.5, 0.6) is 0 Å². The van der Waals surface area contributed by atoms with Crippen LogP contribution >= 0.6 is 0 Å². The highest BCUT2D eigenvalue weighted by molar-refractivity contribution is 7.79. The van der Waals surface area contributed by atoms with Crippen LogP contribution in [0.25, 0.3) is 0 Å². The van der Waals surface area contributed by atoms with Crippen LogP contribution in [-0.2, 0) is 15.8 Å². The maximum Gasteiger partial charge on any atom is 0.339 e. The Morgan fingerprint density at radius 1 is 1.50 bits per heavy atom. The van der Waals surface area contributed by atoms with Crippen LogP contribution in [0.3, 0.4) is 0 Å². The molecule has 1 aromatic rings. The number of aryl methyl sites for hydroxylation is 1. The summed E-state index contributed by atoms with van der Waals surface area (Å²) in [6.45, 7) is 1.68. The number of benzene rings is 1. The van der Waals surface area contributed by atoms with E-state index in [1.807, 2.05) is 0 Å². The lowest BCUT2D eigenvalue weighted by molar-refractivity contribution is 0.0595. The van der Waals surface area contributed by atoms with Crippen LogP contribution in [0.1, 0.15) is 15.9 Å². The van der Waals surface area contributed by atoms with Crippen LogP contribution in [0, 0.1) is 6.92 Å². The molecule has 0 amide bonds. The van der Waals surface area contributed by atoms with Gasteiger partial charge in [0.15, 0.2) is 11.1 Å². The number of esters is 1. The number of hydrogen-bond donors (Lipinski definition) is 1. The zero-order valence-corrected chi connectivity index (χ0v) is 8.63. The Morgan fingerprint density at radius 2 is 2.14 bits per heavy atom. The van der Waals surface area contributed by atoms with Gasteiger partial charge in [0.1, 0.15) is 0 Å². The van der Waals surface area contributed by atoms with Crippen LogP contribution in [0.4, 0.5) is 0 Å². The summed E-state index contributed by atoms with van der Waals surface area (Å²) in [6, 6.07) is 4.73. The Hall–Kier alpha value is -1.20. The first-order valence-corrected chi connectivity index (χ1v) is 4.97. The summed E-state index contributed by atoms with van der Waals surface area (Å²) in [6.07, 6.45) is 0. The average Bonchev–Trinajstić information content (AvgIpc) is 2.16. The number of rotatable bonds is 2. The van der Waals surface area contributed by atoms with Crippen molar-refractivity contribution in [2.45, 2.75) is 11.8 Å². The fraction of sp³-hybridized carbons (Fsp3) is 0.222. The molecule has 0 radical (unpaired) electrons. The second-order valence-corrected chi connectivity index (χ2v) is 3.63. The summed E-state index contributed by atoms with van der Waals surface area (Å²) in [4.78, 5) is 11.4. The number of methoxy groups -OCH3 is 1. The van der Waals surface area contributed by atoms with Crippen molar-refractivity contribution in [1.82, 2.24) is 0 Å². The molecule has 14 heavy (non-hydrogen) atoms. The van der Waals surface area contributed by atoms with Crippen LogP contribution in [-0.4, -0.2) is 21.8 Å². The molecule has 0 aliphatic rings. The highest BCUT2D eigenvalue weighted by atomic mass is 32.2. The van der Waals surface area contributed by atoms with E-state index in [-0.39, 0.29) is 10.5 Å². The fourth-order valence-electron chi connectivity index (χ4n) is 1.15. The Morgan fingerprint density at radius 3 is 2.64 bits per heavy atom. The third-order valence-corrected chi connectivity index (χ3v) is 2.53. The van der Waals surface area contributed by atoms with Crippen LogP contribution in [0.15, 0.2) is 23.1 Å². The average molecular weight is 214 g/mol. The van der Waals surface area contributed by atoms with Gasteiger partial charge in [0, 0.05) is 0 Å². The molecule has 0 fully saturated rings. The largest absolute Gasteiger partial charge is 0.465 e. The molecule has 0 aliphatic carbocycles. The molecule has 1 unspecified atom stereocenters. The van der Waals surface area contributed by atoms with Gasteiger partial charge in [0.25, 0.3) is 0 Å². The van der Waals surface area contributed by atoms with Gasteiger partial charge in [-0.2, -0.15) is 0 Å². The van der Waals surface area contributed by atoms with Gasteiger partial charge in [-0.3, -0.25) is 0 Å². The van der Waals surface area contributed by atoms with Gasteiger partial charge >= 0.3 is 5.97 Å². The zero-order chi connectivity index (χ0) is 10.7. The molecule has 0 spiro atoms. The van der Waals surface area contributed by atoms with E-state index in [0.29, 0.717) is 5.56 Å². The first kappa shape index (κ1) is 10.9. The molecule has 0 aliphatic heterocycles. The van der Waals surface area contributed by atoms with Crippen LogP contribution < -0.4 is 0 Å². The molecule has 4 nitrogen and oxygen atoms in total. The van der Waals surface area contributed by atoms with Gasteiger partial charge in [0.05, 0.1) is 17.6 Å². The Bertz CT molecular complexity index is 386. The molecule has 1 aromatic carbocycles. The third kappa shape index (κ3) is 2.00. The Kier molecular flexibility index (Phi) is 3.38. The lowest BCUT2D eigenvalue weighted by Crippen LogP contribution is -2.08. The molecule has 1 N–H and O–H groups in total. The van der Waals surface area contributed by atoms with Crippen LogP contribution in [0.2, 0.25) is 0 Å². The lowest BCUT2D eigenvalue weighted by Gasteiger charge is -2.06. The maximum absolute atomic E-state index is 11.3. The molecule has 0 aromatic heterocycles. The smallest absolute Gasteiger partial charge is 0.339 e. The predicted molar refractivity (Wildman–Crippen MR) is 51.6 cm³/mol. The molecule has 76 valence electrons. The third-order valence-electron chi connectivity index (χ3n) is 1.81.